The minimum absolute atomic E-state index is 0.00182. The largest absolute Gasteiger partial charge is 0.491 e. The molecule has 0 aliphatic rings. The van der Waals surface area contributed by atoms with Gasteiger partial charge in [-0.1, -0.05) is 13.8 Å². The number of nitrogens with one attached hydrogen (secondary N) is 2. The summed E-state index contributed by atoms with van der Waals surface area (Å²) < 4.78 is 18.3. The number of nitrogens with zero attached hydrogens (tertiary/aromatic N) is 1. The summed E-state index contributed by atoms with van der Waals surface area (Å²) in [4.78, 5) is 31.5. The van der Waals surface area contributed by atoms with Crippen molar-refractivity contribution in [1.29, 1.82) is 0 Å². The van der Waals surface area contributed by atoms with Crippen molar-refractivity contribution in [2.24, 2.45) is 0 Å². The van der Waals surface area contributed by atoms with E-state index in [1.807, 2.05) is 13.8 Å². The highest BCUT2D eigenvalue weighted by atomic mass is 19.1. The third-order valence-corrected chi connectivity index (χ3v) is 3.58. The van der Waals surface area contributed by atoms with E-state index in [1.54, 1.807) is 13.8 Å². The van der Waals surface area contributed by atoms with E-state index in [4.69, 9.17) is 4.74 Å². The SMILES string of the molecule is Cc1nc(C(C)C)[nH]c(=O)c1C(=O)NC(C)COc1ccc(F)cc1. The maximum Gasteiger partial charge on any atom is 0.264 e. The molecule has 0 fully saturated rings. The molecule has 7 heteroatoms. The predicted molar refractivity (Wildman–Crippen MR) is 92.5 cm³/mol. The molecule has 1 aromatic heterocycles. The first-order chi connectivity index (χ1) is 11.8. The smallest absolute Gasteiger partial charge is 0.264 e. The molecule has 2 N–H and O–H groups in total. The molecule has 1 unspecified atom stereocenters. The van der Waals surface area contributed by atoms with Gasteiger partial charge in [0, 0.05) is 5.92 Å². The fourth-order valence-corrected chi connectivity index (χ4v) is 2.24. The van der Waals surface area contributed by atoms with Crippen LogP contribution in [-0.4, -0.2) is 28.5 Å². The van der Waals surface area contributed by atoms with Crippen LogP contribution in [0.5, 0.6) is 5.75 Å². The standard InChI is InChI=1S/C18H22FN3O3/c1-10(2)16-21-12(4)15(18(24)22-16)17(23)20-11(3)9-25-14-7-5-13(19)6-8-14/h5-8,10-11H,9H2,1-4H3,(H,20,23)(H,21,22,24). The van der Waals surface area contributed by atoms with Crippen LogP contribution in [0.4, 0.5) is 4.39 Å². The van der Waals surface area contributed by atoms with Gasteiger partial charge in [-0.05, 0) is 38.1 Å². The molecular formula is C18H22FN3O3. The zero-order valence-electron chi connectivity index (χ0n) is 14.7. The lowest BCUT2D eigenvalue weighted by Crippen LogP contribution is -2.40. The number of hydrogen-bond acceptors (Lipinski definition) is 4. The number of carbonyl (C=O) groups excluding carboxylic acids is 1. The first-order valence-electron chi connectivity index (χ1n) is 8.08. The quantitative estimate of drug-likeness (QED) is 0.841. The zero-order chi connectivity index (χ0) is 18.6. The number of aryl methyl sites for hydroxylation is 1. The molecule has 25 heavy (non-hydrogen) atoms. The number of H-pyrrole nitrogens is 1. The van der Waals surface area contributed by atoms with Crippen LogP contribution < -0.4 is 15.6 Å². The molecule has 0 radical (unpaired) electrons. The van der Waals surface area contributed by atoms with Crippen LogP contribution in [0.15, 0.2) is 29.1 Å². The maximum atomic E-state index is 12.8. The van der Waals surface area contributed by atoms with Gasteiger partial charge in [0.15, 0.2) is 0 Å². The van der Waals surface area contributed by atoms with E-state index < -0.39 is 11.5 Å². The molecule has 1 aromatic carbocycles. The summed E-state index contributed by atoms with van der Waals surface area (Å²) in [5, 5.41) is 2.71. The van der Waals surface area contributed by atoms with E-state index in [-0.39, 0.29) is 29.9 Å². The Morgan fingerprint density at radius 1 is 1.28 bits per heavy atom. The van der Waals surface area contributed by atoms with Gasteiger partial charge in [-0.2, -0.15) is 0 Å². The second-order valence-corrected chi connectivity index (χ2v) is 6.21. The average Bonchev–Trinajstić information content (AvgIpc) is 2.53. The Hall–Kier alpha value is -2.70. The highest BCUT2D eigenvalue weighted by molar-refractivity contribution is 5.94. The third-order valence-electron chi connectivity index (χ3n) is 3.58. The molecule has 1 amide bonds. The molecule has 134 valence electrons. The fourth-order valence-electron chi connectivity index (χ4n) is 2.24. The summed E-state index contributed by atoms with van der Waals surface area (Å²) in [6.45, 7) is 7.39. The summed E-state index contributed by atoms with van der Waals surface area (Å²) in [6, 6.07) is 5.26. The van der Waals surface area contributed by atoms with Gasteiger partial charge < -0.3 is 15.0 Å². The summed E-state index contributed by atoms with van der Waals surface area (Å²) in [7, 11) is 0. The number of aromatic amines is 1. The molecule has 0 bridgehead atoms. The number of hydrogen-bond donors (Lipinski definition) is 2. The van der Waals surface area contributed by atoms with Gasteiger partial charge >= 0.3 is 0 Å². The average molecular weight is 347 g/mol. The molecule has 1 heterocycles. The molecule has 0 aliphatic carbocycles. The van der Waals surface area contributed by atoms with Crippen molar-refractivity contribution in [3.05, 3.63) is 57.5 Å². The van der Waals surface area contributed by atoms with E-state index in [2.05, 4.69) is 15.3 Å². The number of aromatic nitrogens is 2. The summed E-state index contributed by atoms with van der Waals surface area (Å²) >= 11 is 0. The van der Waals surface area contributed by atoms with Crippen molar-refractivity contribution >= 4 is 5.91 Å². The van der Waals surface area contributed by atoms with Crippen molar-refractivity contribution in [1.82, 2.24) is 15.3 Å². The van der Waals surface area contributed by atoms with E-state index in [0.717, 1.165) is 0 Å². The van der Waals surface area contributed by atoms with Gasteiger partial charge in [-0.25, -0.2) is 9.37 Å². The molecule has 2 aromatic rings. The van der Waals surface area contributed by atoms with Crippen LogP contribution in [0.3, 0.4) is 0 Å². The highest BCUT2D eigenvalue weighted by Gasteiger charge is 2.19. The van der Waals surface area contributed by atoms with Crippen molar-refractivity contribution < 1.29 is 13.9 Å². The Morgan fingerprint density at radius 3 is 2.48 bits per heavy atom. The van der Waals surface area contributed by atoms with Crippen LogP contribution >= 0.6 is 0 Å². The number of amides is 1. The van der Waals surface area contributed by atoms with E-state index in [1.165, 1.54) is 24.3 Å². The van der Waals surface area contributed by atoms with E-state index in [9.17, 15) is 14.0 Å². The van der Waals surface area contributed by atoms with Crippen LogP contribution in [0, 0.1) is 12.7 Å². The molecule has 0 saturated carbocycles. The molecule has 0 aliphatic heterocycles. The second kappa shape index (κ2) is 7.92. The molecule has 1 atom stereocenters. The minimum Gasteiger partial charge on any atom is -0.491 e. The van der Waals surface area contributed by atoms with Crippen LogP contribution in [0.1, 0.15) is 48.6 Å². The number of carbonyl (C=O) groups is 1. The lowest BCUT2D eigenvalue weighted by atomic mass is 10.1. The van der Waals surface area contributed by atoms with Gasteiger partial charge in [0.25, 0.3) is 11.5 Å². The Labute approximate surface area is 145 Å². The Bertz CT molecular complexity index is 800. The summed E-state index contributed by atoms with van der Waals surface area (Å²) in [5.41, 5.74) is -0.0741. The van der Waals surface area contributed by atoms with Gasteiger partial charge in [-0.15, -0.1) is 0 Å². The van der Waals surface area contributed by atoms with Crippen molar-refractivity contribution in [3.63, 3.8) is 0 Å². The lowest BCUT2D eigenvalue weighted by Gasteiger charge is -2.16. The summed E-state index contributed by atoms with van der Waals surface area (Å²) in [5.74, 6) is 0.260. The maximum absolute atomic E-state index is 12.8. The number of benzene rings is 1. The van der Waals surface area contributed by atoms with Crippen LogP contribution in [0.25, 0.3) is 0 Å². The first-order valence-corrected chi connectivity index (χ1v) is 8.08. The van der Waals surface area contributed by atoms with Crippen molar-refractivity contribution in [3.8, 4) is 5.75 Å². The van der Waals surface area contributed by atoms with Gasteiger partial charge in [0.1, 0.15) is 29.6 Å². The molecular weight excluding hydrogens is 325 g/mol. The van der Waals surface area contributed by atoms with Gasteiger partial charge in [0.05, 0.1) is 11.7 Å². The first kappa shape index (κ1) is 18.6. The highest BCUT2D eigenvalue weighted by Crippen LogP contribution is 2.12. The minimum atomic E-state index is -0.503. The topological polar surface area (TPSA) is 84.1 Å². The predicted octanol–water partition coefficient (Wildman–Crippen LogP) is 2.54. The number of halogens is 1. The van der Waals surface area contributed by atoms with E-state index >= 15 is 0 Å². The Morgan fingerprint density at radius 2 is 1.92 bits per heavy atom. The third kappa shape index (κ3) is 4.89. The number of ether oxygens (including phenoxy) is 1. The van der Waals surface area contributed by atoms with Crippen LogP contribution in [-0.2, 0) is 0 Å². The number of rotatable bonds is 6. The molecule has 0 saturated heterocycles. The van der Waals surface area contributed by atoms with Crippen molar-refractivity contribution in [2.75, 3.05) is 6.61 Å². The Balaban J connectivity index is 2.01. The van der Waals surface area contributed by atoms with Crippen LogP contribution in [0.2, 0.25) is 0 Å². The van der Waals surface area contributed by atoms with Crippen molar-refractivity contribution in [2.45, 2.75) is 39.7 Å². The van der Waals surface area contributed by atoms with E-state index in [0.29, 0.717) is 17.3 Å². The molecule has 0 spiro atoms. The monoisotopic (exact) mass is 347 g/mol. The fraction of sp³-hybridized carbons (Fsp3) is 0.389. The zero-order valence-corrected chi connectivity index (χ0v) is 14.7. The van der Waals surface area contributed by atoms with Gasteiger partial charge in [-0.3, -0.25) is 9.59 Å². The Kier molecular flexibility index (Phi) is 5.90. The lowest BCUT2D eigenvalue weighted by molar-refractivity contribution is 0.0924. The normalized spacial score (nSPS) is 12.1. The van der Waals surface area contributed by atoms with Gasteiger partial charge in [0.2, 0.25) is 0 Å². The second-order valence-electron chi connectivity index (χ2n) is 6.21. The summed E-state index contributed by atoms with van der Waals surface area (Å²) in [6.07, 6.45) is 0. The molecule has 6 nitrogen and oxygen atoms in total. The molecule has 2 rings (SSSR count).